The van der Waals surface area contributed by atoms with E-state index in [1.165, 1.54) is 12.1 Å². The van der Waals surface area contributed by atoms with Gasteiger partial charge in [0.15, 0.2) is 0 Å². The van der Waals surface area contributed by atoms with Crippen LogP contribution in [0.5, 0.6) is 0 Å². The summed E-state index contributed by atoms with van der Waals surface area (Å²) in [6.45, 7) is 0. The van der Waals surface area contributed by atoms with Crippen molar-refractivity contribution in [2.45, 2.75) is 4.90 Å². The van der Waals surface area contributed by atoms with E-state index in [-0.39, 0.29) is 9.60 Å². The van der Waals surface area contributed by atoms with Crippen LogP contribution in [0.3, 0.4) is 0 Å². The molecule has 3 nitrogen and oxygen atoms in total. The molecule has 0 spiro atoms. The van der Waals surface area contributed by atoms with Crippen molar-refractivity contribution in [3.05, 3.63) is 30.3 Å². The van der Waals surface area contributed by atoms with Gasteiger partial charge in [-0.05, 0) is 12.1 Å². The van der Waals surface area contributed by atoms with Gasteiger partial charge in [0.25, 0.3) is 10.1 Å². The van der Waals surface area contributed by atoms with E-state index >= 15 is 0 Å². The van der Waals surface area contributed by atoms with Gasteiger partial charge >= 0.3 is 0 Å². The van der Waals surface area contributed by atoms with Gasteiger partial charge in [-0.3, -0.25) is 9.26 Å². The highest BCUT2D eigenvalue weighted by atomic mass is 32.2. The second kappa shape index (κ2) is 3.45. The molecule has 0 aliphatic rings. The lowest BCUT2D eigenvalue weighted by Gasteiger charge is -1.92. The Morgan fingerprint density at radius 3 is 1.82 bits per heavy atom. The van der Waals surface area contributed by atoms with Crippen molar-refractivity contribution in [2.24, 2.45) is 0 Å². The van der Waals surface area contributed by atoms with E-state index < -0.39 is 10.1 Å². The van der Waals surface area contributed by atoms with Crippen LogP contribution in [-0.2, 0) is 10.1 Å². The minimum absolute atomic E-state index is 0. The molecule has 1 aromatic rings. The lowest BCUT2D eigenvalue weighted by molar-refractivity contribution is 0.483. The van der Waals surface area contributed by atoms with E-state index in [9.17, 15) is 8.42 Å². The topological polar surface area (TPSA) is 54.4 Å². The van der Waals surface area contributed by atoms with Gasteiger partial charge in [-0.15, -0.1) is 0 Å². The number of halogens is 1. The maximum Gasteiger partial charge on any atom is 0.294 e. The summed E-state index contributed by atoms with van der Waals surface area (Å²) >= 11 is 0. The van der Waals surface area contributed by atoms with Gasteiger partial charge < -0.3 is 0 Å². The molecule has 0 amide bonds. The van der Waals surface area contributed by atoms with E-state index in [0.717, 1.165) is 0 Å². The minimum Gasteiger partial charge on any atom is -0.282 e. The van der Waals surface area contributed by atoms with Crippen LogP contribution in [0.25, 0.3) is 0 Å². The van der Waals surface area contributed by atoms with Crippen molar-refractivity contribution >= 4 is 10.1 Å². The smallest absolute Gasteiger partial charge is 0.282 e. The standard InChI is InChI=1S/C6H6O3S.FH/c7-10(8,9)6-4-2-1-3-5-6;/h1-5H,(H,7,8,9);1H. The highest BCUT2D eigenvalue weighted by Crippen LogP contribution is 2.05. The first-order valence-corrected chi connectivity index (χ1v) is 4.07. The SMILES string of the molecule is F.O=S(=O)(O)c1ccccc1. The van der Waals surface area contributed by atoms with E-state index in [0.29, 0.717) is 0 Å². The lowest BCUT2D eigenvalue weighted by Crippen LogP contribution is -1.96. The molecule has 11 heavy (non-hydrogen) atoms. The first-order valence-electron chi connectivity index (χ1n) is 2.63. The Morgan fingerprint density at radius 1 is 1.09 bits per heavy atom. The third-order valence-corrected chi connectivity index (χ3v) is 1.91. The van der Waals surface area contributed by atoms with Crippen molar-refractivity contribution in [3.8, 4) is 0 Å². The Balaban J connectivity index is 0.000001000. The van der Waals surface area contributed by atoms with Crippen LogP contribution in [0.2, 0.25) is 0 Å². The number of hydrogen-bond acceptors (Lipinski definition) is 2. The van der Waals surface area contributed by atoms with Crippen molar-refractivity contribution < 1.29 is 17.7 Å². The number of benzene rings is 1. The van der Waals surface area contributed by atoms with E-state index in [1.807, 2.05) is 0 Å². The molecular formula is C6H7FO3S. The Morgan fingerprint density at radius 2 is 1.55 bits per heavy atom. The van der Waals surface area contributed by atoms with Crippen molar-refractivity contribution in [1.29, 1.82) is 0 Å². The highest BCUT2D eigenvalue weighted by Gasteiger charge is 2.05. The lowest BCUT2D eigenvalue weighted by atomic mass is 10.4. The molecule has 1 aromatic carbocycles. The maximum absolute atomic E-state index is 10.4. The molecule has 1 rings (SSSR count). The zero-order valence-electron chi connectivity index (χ0n) is 5.47. The minimum atomic E-state index is -4.00. The molecule has 0 saturated carbocycles. The van der Waals surface area contributed by atoms with Gasteiger partial charge in [-0.2, -0.15) is 8.42 Å². The van der Waals surface area contributed by atoms with Gasteiger partial charge in [-0.1, -0.05) is 18.2 Å². The molecule has 0 saturated heterocycles. The highest BCUT2D eigenvalue weighted by molar-refractivity contribution is 7.85. The Hall–Kier alpha value is -0.940. The molecule has 5 heteroatoms. The van der Waals surface area contributed by atoms with E-state index in [1.54, 1.807) is 18.2 Å². The zero-order valence-corrected chi connectivity index (χ0v) is 6.28. The number of hydrogen-bond donors (Lipinski definition) is 1. The Bertz CT molecular complexity index is 306. The summed E-state index contributed by atoms with van der Waals surface area (Å²) in [5.74, 6) is 0. The summed E-state index contributed by atoms with van der Waals surface area (Å²) < 4.78 is 29.2. The van der Waals surface area contributed by atoms with Crippen LogP contribution < -0.4 is 0 Å². The van der Waals surface area contributed by atoms with Crippen LogP contribution in [-0.4, -0.2) is 13.0 Å². The normalized spacial score (nSPS) is 10.3. The van der Waals surface area contributed by atoms with E-state index in [4.69, 9.17) is 4.55 Å². The second-order valence-corrected chi connectivity index (χ2v) is 3.21. The summed E-state index contributed by atoms with van der Waals surface area (Å²) in [6, 6.07) is 7.42. The molecule has 0 aliphatic heterocycles. The Kier molecular flexibility index (Phi) is 3.16. The predicted molar refractivity (Wildman–Crippen MR) is 38.8 cm³/mol. The van der Waals surface area contributed by atoms with Crippen LogP contribution in [0.4, 0.5) is 4.70 Å². The fourth-order valence-electron chi connectivity index (χ4n) is 0.592. The molecule has 0 aromatic heterocycles. The third-order valence-electron chi connectivity index (χ3n) is 1.04. The fourth-order valence-corrected chi connectivity index (χ4v) is 1.09. The van der Waals surface area contributed by atoms with Crippen LogP contribution in [0, 0.1) is 0 Å². The van der Waals surface area contributed by atoms with Gasteiger partial charge in [-0.25, -0.2) is 0 Å². The van der Waals surface area contributed by atoms with Crippen LogP contribution >= 0.6 is 0 Å². The monoisotopic (exact) mass is 178 g/mol. The molecule has 1 N–H and O–H groups in total. The first-order chi connectivity index (χ1) is 4.61. The zero-order chi connectivity index (χ0) is 7.61. The molecule has 0 atom stereocenters. The molecule has 0 unspecified atom stereocenters. The first kappa shape index (κ1) is 10.1. The van der Waals surface area contributed by atoms with Crippen molar-refractivity contribution in [3.63, 3.8) is 0 Å². The quantitative estimate of drug-likeness (QED) is 0.655. The maximum atomic E-state index is 10.4. The molecular weight excluding hydrogens is 171 g/mol. The largest absolute Gasteiger partial charge is 0.294 e. The summed E-state index contributed by atoms with van der Waals surface area (Å²) in [6.07, 6.45) is 0. The summed E-state index contributed by atoms with van der Waals surface area (Å²) in [4.78, 5) is -0.0741. The van der Waals surface area contributed by atoms with Crippen molar-refractivity contribution in [2.75, 3.05) is 0 Å². The summed E-state index contributed by atoms with van der Waals surface area (Å²) in [5, 5.41) is 0. The van der Waals surface area contributed by atoms with Gasteiger partial charge in [0, 0.05) is 0 Å². The Labute approximate surface area is 63.8 Å². The molecule has 0 bridgehead atoms. The van der Waals surface area contributed by atoms with Gasteiger partial charge in [0.1, 0.15) is 0 Å². The summed E-state index contributed by atoms with van der Waals surface area (Å²) in [7, 11) is -4.00. The average Bonchev–Trinajstić information content (AvgIpc) is 1.88. The molecule has 0 fully saturated rings. The average molecular weight is 178 g/mol. The fraction of sp³-hybridized carbons (Fsp3) is 0. The second-order valence-electron chi connectivity index (χ2n) is 1.79. The number of rotatable bonds is 1. The molecule has 0 radical (unpaired) electrons. The molecule has 0 aliphatic carbocycles. The summed E-state index contributed by atoms with van der Waals surface area (Å²) in [5.41, 5.74) is 0. The molecule has 62 valence electrons. The van der Waals surface area contributed by atoms with Gasteiger partial charge in [0.05, 0.1) is 4.90 Å². The van der Waals surface area contributed by atoms with Gasteiger partial charge in [0.2, 0.25) is 0 Å². The third kappa shape index (κ3) is 2.65. The van der Waals surface area contributed by atoms with Crippen molar-refractivity contribution in [1.82, 2.24) is 0 Å². The van der Waals surface area contributed by atoms with E-state index in [2.05, 4.69) is 0 Å². The predicted octanol–water partition coefficient (Wildman–Crippen LogP) is 1.09. The molecule has 0 heterocycles. The van der Waals surface area contributed by atoms with Crippen LogP contribution in [0.15, 0.2) is 35.2 Å². The van der Waals surface area contributed by atoms with Crippen LogP contribution in [0.1, 0.15) is 0 Å².